The summed E-state index contributed by atoms with van der Waals surface area (Å²) < 4.78 is 11.0. The first-order chi connectivity index (χ1) is 12.2. The molecule has 0 unspecified atom stereocenters. The highest BCUT2D eigenvalue weighted by atomic mass is 32.1. The van der Waals surface area contributed by atoms with E-state index in [-0.39, 0.29) is 29.9 Å². The normalized spacial score (nSPS) is 25.6. The first-order valence-corrected chi connectivity index (χ1v) is 9.36. The summed E-state index contributed by atoms with van der Waals surface area (Å²) in [6.45, 7) is 1.44. The van der Waals surface area contributed by atoms with Gasteiger partial charge in [0.25, 0.3) is 5.91 Å². The maximum absolute atomic E-state index is 12.9. The van der Waals surface area contributed by atoms with Gasteiger partial charge in [0.05, 0.1) is 35.7 Å². The number of hydrogen-bond acceptors (Lipinski definition) is 5. The molecule has 1 N–H and O–H groups in total. The summed E-state index contributed by atoms with van der Waals surface area (Å²) in [7, 11) is 0. The highest BCUT2D eigenvalue weighted by Gasteiger charge is 2.44. The fourth-order valence-corrected chi connectivity index (χ4v) is 4.32. The van der Waals surface area contributed by atoms with Crippen molar-refractivity contribution in [2.24, 2.45) is 5.92 Å². The van der Waals surface area contributed by atoms with Crippen LogP contribution in [0, 0.1) is 5.92 Å². The van der Waals surface area contributed by atoms with Crippen molar-refractivity contribution >= 4 is 23.2 Å². The van der Waals surface area contributed by atoms with Gasteiger partial charge in [-0.1, -0.05) is 6.07 Å². The van der Waals surface area contributed by atoms with E-state index in [2.05, 4.69) is 5.32 Å². The number of amides is 2. The smallest absolute Gasteiger partial charge is 0.264 e. The van der Waals surface area contributed by atoms with Crippen LogP contribution in [0.25, 0.3) is 0 Å². The molecule has 2 aromatic heterocycles. The summed E-state index contributed by atoms with van der Waals surface area (Å²) in [5, 5.41) is 4.80. The molecule has 0 radical (unpaired) electrons. The van der Waals surface area contributed by atoms with Gasteiger partial charge in [0.2, 0.25) is 5.91 Å². The molecule has 2 saturated heterocycles. The van der Waals surface area contributed by atoms with Gasteiger partial charge in [-0.15, -0.1) is 11.3 Å². The lowest BCUT2D eigenvalue weighted by molar-refractivity contribution is -0.129. The average Bonchev–Trinajstić information content (AvgIpc) is 3.40. The van der Waals surface area contributed by atoms with E-state index in [1.807, 2.05) is 28.5 Å². The number of hydrogen-bond donors (Lipinski definition) is 1. The van der Waals surface area contributed by atoms with Gasteiger partial charge in [-0.3, -0.25) is 9.59 Å². The molecule has 3 atom stereocenters. The van der Waals surface area contributed by atoms with E-state index in [0.29, 0.717) is 36.8 Å². The van der Waals surface area contributed by atoms with Gasteiger partial charge in [-0.2, -0.15) is 0 Å². The molecule has 2 aliphatic rings. The third-order valence-corrected chi connectivity index (χ3v) is 5.75. The molecule has 25 heavy (non-hydrogen) atoms. The van der Waals surface area contributed by atoms with Crippen molar-refractivity contribution in [1.29, 1.82) is 0 Å². The predicted molar refractivity (Wildman–Crippen MR) is 92.2 cm³/mol. The largest absolute Gasteiger partial charge is 0.467 e. The molecule has 132 valence electrons. The quantitative estimate of drug-likeness (QED) is 0.908. The van der Waals surface area contributed by atoms with E-state index in [4.69, 9.17) is 9.15 Å². The Morgan fingerprint density at radius 3 is 3.00 bits per heavy atom. The molecule has 4 heterocycles. The lowest BCUT2D eigenvalue weighted by Crippen LogP contribution is -2.54. The first-order valence-electron chi connectivity index (χ1n) is 8.48. The maximum atomic E-state index is 12.9. The molecule has 0 aliphatic carbocycles. The average molecular weight is 360 g/mol. The Morgan fingerprint density at radius 1 is 1.32 bits per heavy atom. The summed E-state index contributed by atoms with van der Waals surface area (Å²) in [5.41, 5.74) is 0. The first kappa shape index (κ1) is 16.4. The zero-order valence-corrected chi connectivity index (χ0v) is 14.5. The summed E-state index contributed by atoms with van der Waals surface area (Å²) in [6.07, 6.45) is 3.02. The van der Waals surface area contributed by atoms with Crippen molar-refractivity contribution < 1.29 is 18.7 Å². The van der Waals surface area contributed by atoms with Crippen LogP contribution >= 0.6 is 11.3 Å². The van der Waals surface area contributed by atoms with Crippen molar-refractivity contribution in [3.63, 3.8) is 0 Å². The summed E-state index contributed by atoms with van der Waals surface area (Å²) >= 11 is 1.43. The van der Waals surface area contributed by atoms with E-state index < -0.39 is 0 Å². The van der Waals surface area contributed by atoms with Crippen LogP contribution in [0.3, 0.4) is 0 Å². The molecule has 2 amide bonds. The van der Waals surface area contributed by atoms with Crippen molar-refractivity contribution in [3.8, 4) is 0 Å². The topological polar surface area (TPSA) is 71.8 Å². The van der Waals surface area contributed by atoms with E-state index in [1.54, 1.807) is 12.3 Å². The SMILES string of the molecule is O=C(NCc1ccco1)[C@@H]1C[C@@H]2OCC[C@@H]2N(C(=O)c2cccs2)C1. The molecule has 0 aromatic carbocycles. The fourth-order valence-electron chi connectivity index (χ4n) is 3.64. The molecule has 2 aromatic rings. The van der Waals surface area contributed by atoms with Crippen LogP contribution in [0.2, 0.25) is 0 Å². The van der Waals surface area contributed by atoms with Gasteiger partial charge < -0.3 is 19.4 Å². The highest BCUT2D eigenvalue weighted by Crippen LogP contribution is 2.33. The van der Waals surface area contributed by atoms with Crippen LogP contribution in [0.5, 0.6) is 0 Å². The molecular formula is C18H20N2O4S. The number of nitrogens with zero attached hydrogens (tertiary/aromatic N) is 1. The van der Waals surface area contributed by atoms with Crippen molar-refractivity contribution in [3.05, 3.63) is 46.5 Å². The van der Waals surface area contributed by atoms with Gasteiger partial charge in [-0.25, -0.2) is 0 Å². The second-order valence-corrected chi connectivity index (χ2v) is 7.38. The Bertz CT molecular complexity index is 728. The van der Waals surface area contributed by atoms with Crippen molar-refractivity contribution in [1.82, 2.24) is 10.2 Å². The molecular weight excluding hydrogens is 340 g/mol. The van der Waals surface area contributed by atoms with Crippen LogP contribution < -0.4 is 5.32 Å². The number of fused-ring (bicyclic) bond motifs is 1. The summed E-state index contributed by atoms with van der Waals surface area (Å²) in [6, 6.07) is 7.39. The van der Waals surface area contributed by atoms with Gasteiger partial charge in [0, 0.05) is 13.2 Å². The third-order valence-electron chi connectivity index (χ3n) is 4.89. The van der Waals surface area contributed by atoms with Gasteiger partial charge in [0.1, 0.15) is 5.76 Å². The minimum absolute atomic E-state index is 0.000894. The van der Waals surface area contributed by atoms with Crippen LogP contribution in [-0.4, -0.2) is 42.0 Å². The Hall–Kier alpha value is -2.12. The van der Waals surface area contributed by atoms with E-state index in [0.717, 1.165) is 6.42 Å². The molecule has 2 aliphatic heterocycles. The number of piperidine rings is 1. The molecule has 0 spiro atoms. The standard InChI is InChI=1S/C18H20N2O4S/c21-17(19-10-13-3-1-6-23-13)12-9-15-14(5-7-24-15)20(11-12)18(22)16-4-2-8-25-16/h1-4,6,8,12,14-15H,5,7,9-11H2,(H,19,21)/t12-,14+,15+/m1/s1. The molecule has 2 fully saturated rings. The Balaban J connectivity index is 1.46. The van der Waals surface area contributed by atoms with Gasteiger partial charge in [-0.05, 0) is 36.4 Å². The number of carbonyl (C=O) groups excluding carboxylic acids is 2. The van der Waals surface area contributed by atoms with Crippen LogP contribution in [0.15, 0.2) is 40.3 Å². The minimum atomic E-state index is -0.266. The Labute approximate surface area is 149 Å². The molecule has 7 heteroatoms. The monoisotopic (exact) mass is 360 g/mol. The minimum Gasteiger partial charge on any atom is -0.467 e. The molecule has 6 nitrogen and oxygen atoms in total. The van der Waals surface area contributed by atoms with Crippen LogP contribution in [0.4, 0.5) is 0 Å². The van der Waals surface area contributed by atoms with Crippen molar-refractivity contribution in [2.45, 2.75) is 31.5 Å². The Kier molecular flexibility index (Phi) is 4.59. The number of nitrogens with one attached hydrogen (secondary N) is 1. The van der Waals surface area contributed by atoms with Crippen molar-refractivity contribution in [2.75, 3.05) is 13.2 Å². The molecule has 0 bridgehead atoms. The zero-order valence-electron chi connectivity index (χ0n) is 13.7. The molecule has 0 saturated carbocycles. The second-order valence-electron chi connectivity index (χ2n) is 6.43. The number of rotatable bonds is 4. The van der Waals surface area contributed by atoms with Gasteiger partial charge >= 0.3 is 0 Å². The van der Waals surface area contributed by atoms with Gasteiger partial charge in [0.15, 0.2) is 0 Å². The number of furan rings is 1. The number of thiophene rings is 1. The summed E-state index contributed by atoms with van der Waals surface area (Å²) in [4.78, 5) is 28.0. The zero-order chi connectivity index (χ0) is 17.2. The van der Waals surface area contributed by atoms with E-state index in [1.165, 1.54) is 11.3 Å². The lowest BCUT2D eigenvalue weighted by Gasteiger charge is -2.40. The maximum Gasteiger partial charge on any atom is 0.264 e. The number of likely N-dealkylation sites (tertiary alicyclic amines) is 1. The number of carbonyl (C=O) groups is 2. The van der Waals surface area contributed by atoms with Crippen LogP contribution in [0.1, 0.15) is 28.3 Å². The van der Waals surface area contributed by atoms with Crippen LogP contribution in [-0.2, 0) is 16.1 Å². The van der Waals surface area contributed by atoms with E-state index >= 15 is 0 Å². The van der Waals surface area contributed by atoms with E-state index in [9.17, 15) is 9.59 Å². The molecule has 4 rings (SSSR count). The highest BCUT2D eigenvalue weighted by molar-refractivity contribution is 7.12. The lowest BCUT2D eigenvalue weighted by atomic mass is 9.89. The number of ether oxygens (including phenoxy) is 1. The Morgan fingerprint density at radius 2 is 2.24 bits per heavy atom. The second kappa shape index (κ2) is 7.01. The summed E-state index contributed by atoms with van der Waals surface area (Å²) in [5.74, 6) is 0.386. The third kappa shape index (κ3) is 3.34. The fraction of sp³-hybridized carbons (Fsp3) is 0.444. The predicted octanol–water partition coefficient (Wildman–Crippen LogP) is 2.28.